The third kappa shape index (κ3) is 5.10. The van der Waals surface area contributed by atoms with Crippen LogP contribution in [0.15, 0.2) is 42.5 Å². The summed E-state index contributed by atoms with van der Waals surface area (Å²) in [6, 6.07) is 15.1. The van der Waals surface area contributed by atoms with E-state index in [1.54, 1.807) is 0 Å². The number of hydrogen-bond donors (Lipinski definition) is 1. The summed E-state index contributed by atoms with van der Waals surface area (Å²) in [5.41, 5.74) is 11.2. The summed E-state index contributed by atoms with van der Waals surface area (Å²) in [6.45, 7) is 15.2. The van der Waals surface area contributed by atoms with Gasteiger partial charge < -0.3 is 15.1 Å². The molecule has 2 unspecified atom stereocenters. The van der Waals surface area contributed by atoms with Crippen molar-refractivity contribution in [3.63, 3.8) is 0 Å². The van der Waals surface area contributed by atoms with Crippen molar-refractivity contribution < 1.29 is 4.43 Å². The molecule has 2 atom stereocenters. The summed E-state index contributed by atoms with van der Waals surface area (Å²) >= 11 is 6.38. The summed E-state index contributed by atoms with van der Waals surface area (Å²) in [7, 11) is -1.87. The van der Waals surface area contributed by atoms with Crippen LogP contribution in [-0.4, -0.2) is 21.5 Å². The van der Waals surface area contributed by atoms with Crippen molar-refractivity contribution in [3.05, 3.63) is 64.2 Å². The molecule has 1 aliphatic rings. The highest BCUT2D eigenvalue weighted by molar-refractivity contribution is 6.74. The van der Waals surface area contributed by atoms with Gasteiger partial charge in [0.1, 0.15) is 0 Å². The summed E-state index contributed by atoms with van der Waals surface area (Å²) in [5.74, 6) is 0. The first-order chi connectivity index (χ1) is 14.0. The highest BCUT2D eigenvalue weighted by Gasteiger charge is 2.38. The number of nitrogens with two attached hydrogens (primary N) is 1. The van der Waals surface area contributed by atoms with Crippen LogP contribution in [0.1, 0.15) is 62.9 Å². The predicted octanol–water partition coefficient (Wildman–Crippen LogP) is 6.88. The fourth-order valence-electron chi connectivity index (χ4n) is 3.84. The number of fused-ring (bicyclic) bond motifs is 1. The van der Waals surface area contributed by atoms with Gasteiger partial charge in [0.05, 0.1) is 12.6 Å². The molecule has 0 amide bonds. The van der Waals surface area contributed by atoms with Gasteiger partial charge in [-0.15, -0.1) is 0 Å². The minimum absolute atomic E-state index is 0.0521. The van der Waals surface area contributed by atoms with E-state index in [0.29, 0.717) is 6.61 Å². The number of anilines is 1. The molecule has 3 nitrogen and oxygen atoms in total. The largest absolute Gasteiger partial charge is 0.414 e. The van der Waals surface area contributed by atoms with E-state index < -0.39 is 8.32 Å². The van der Waals surface area contributed by atoms with E-state index in [1.165, 1.54) is 22.4 Å². The van der Waals surface area contributed by atoms with Gasteiger partial charge in [0.25, 0.3) is 0 Å². The summed E-state index contributed by atoms with van der Waals surface area (Å²) in [4.78, 5) is 2.52. The Kier molecular flexibility index (Phi) is 7.03. The predicted molar refractivity (Wildman–Crippen MR) is 132 cm³/mol. The SMILES string of the molecule is CC(N)c1ccc2c(c1)CCCN2C(CO[Si](C)(C)C(C)(C)C)c1cccc(Cl)c1. The minimum atomic E-state index is -1.87. The Morgan fingerprint density at radius 2 is 1.87 bits per heavy atom. The topological polar surface area (TPSA) is 38.5 Å². The molecule has 0 fully saturated rings. The first-order valence-corrected chi connectivity index (χ1v) is 14.3. The number of halogens is 1. The summed E-state index contributed by atoms with van der Waals surface area (Å²) < 4.78 is 6.71. The minimum Gasteiger partial charge on any atom is -0.414 e. The molecule has 0 radical (unpaired) electrons. The standard InChI is InChI=1S/C25H37ClN2OSi/c1-18(27)19-12-13-23-20(15-19)10-8-14-28(23)24(21-9-7-11-22(26)16-21)17-29-30(5,6)25(2,3)4/h7,9,11-13,15-16,18,24H,8,10,14,17,27H2,1-6H3. The van der Waals surface area contributed by atoms with Gasteiger partial charge in [0.2, 0.25) is 0 Å². The zero-order valence-electron chi connectivity index (χ0n) is 19.3. The molecule has 0 aromatic heterocycles. The van der Waals surface area contributed by atoms with Crippen molar-refractivity contribution in [1.29, 1.82) is 0 Å². The number of aryl methyl sites for hydroxylation is 1. The first kappa shape index (κ1) is 23.3. The van der Waals surface area contributed by atoms with E-state index in [0.717, 1.165) is 24.4 Å². The molecule has 0 saturated carbocycles. The van der Waals surface area contributed by atoms with Crippen molar-refractivity contribution in [1.82, 2.24) is 0 Å². The van der Waals surface area contributed by atoms with E-state index >= 15 is 0 Å². The third-order valence-electron chi connectivity index (χ3n) is 6.80. The lowest BCUT2D eigenvalue weighted by atomic mass is 9.94. The van der Waals surface area contributed by atoms with Gasteiger partial charge in [-0.25, -0.2) is 0 Å². The van der Waals surface area contributed by atoms with Crippen molar-refractivity contribution in [2.24, 2.45) is 5.73 Å². The van der Waals surface area contributed by atoms with E-state index in [-0.39, 0.29) is 17.1 Å². The molecule has 0 aliphatic carbocycles. The first-order valence-electron chi connectivity index (χ1n) is 11.0. The molecule has 0 spiro atoms. The molecule has 0 saturated heterocycles. The lowest BCUT2D eigenvalue weighted by Gasteiger charge is -2.42. The number of rotatable bonds is 6. The molecule has 0 bridgehead atoms. The Bertz CT molecular complexity index is 876. The maximum Gasteiger partial charge on any atom is 0.192 e. The van der Waals surface area contributed by atoms with E-state index in [9.17, 15) is 0 Å². The highest BCUT2D eigenvalue weighted by atomic mass is 35.5. The van der Waals surface area contributed by atoms with Gasteiger partial charge >= 0.3 is 0 Å². The molecule has 1 heterocycles. The maximum absolute atomic E-state index is 6.71. The molecule has 5 heteroatoms. The van der Waals surface area contributed by atoms with E-state index in [2.05, 4.69) is 69.1 Å². The highest BCUT2D eigenvalue weighted by Crippen LogP contribution is 2.40. The lowest BCUT2D eigenvalue weighted by Crippen LogP contribution is -2.44. The zero-order valence-corrected chi connectivity index (χ0v) is 21.1. The van der Waals surface area contributed by atoms with Gasteiger partial charge in [-0.05, 0) is 72.8 Å². The number of hydrogen-bond acceptors (Lipinski definition) is 3. The molecular weight excluding hydrogens is 408 g/mol. The van der Waals surface area contributed by atoms with Crippen LogP contribution >= 0.6 is 11.6 Å². The van der Waals surface area contributed by atoms with Crippen LogP contribution in [0.2, 0.25) is 23.2 Å². The fraction of sp³-hybridized carbons (Fsp3) is 0.520. The third-order valence-corrected chi connectivity index (χ3v) is 11.5. The Morgan fingerprint density at radius 3 is 2.50 bits per heavy atom. The maximum atomic E-state index is 6.71. The van der Waals surface area contributed by atoms with Gasteiger partial charge in [-0.1, -0.05) is 56.6 Å². The molecule has 30 heavy (non-hydrogen) atoms. The Hall–Kier alpha value is -1.33. The molecule has 2 N–H and O–H groups in total. The van der Waals surface area contributed by atoms with Gasteiger partial charge in [0.15, 0.2) is 8.32 Å². The summed E-state index contributed by atoms with van der Waals surface area (Å²) in [6.07, 6.45) is 2.23. The van der Waals surface area contributed by atoms with Crippen molar-refractivity contribution in [2.75, 3.05) is 18.1 Å². The lowest BCUT2D eigenvalue weighted by molar-refractivity contribution is 0.257. The molecule has 3 rings (SSSR count). The fourth-order valence-corrected chi connectivity index (χ4v) is 5.04. The number of nitrogens with zero attached hydrogens (tertiary/aromatic N) is 1. The second-order valence-corrected chi connectivity index (χ2v) is 15.4. The average Bonchev–Trinajstić information content (AvgIpc) is 2.67. The second-order valence-electron chi connectivity index (χ2n) is 10.1. The van der Waals surface area contributed by atoms with Crippen LogP contribution in [-0.2, 0) is 10.8 Å². The van der Waals surface area contributed by atoms with Crippen molar-refractivity contribution >= 4 is 25.6 Å². The Morgan fingerprint density at radius 1 is 1.13 bits per heavy atom. The molecule has 164 valence electrons. The van der Waals surface area contributed by atoms with Crippen LogP contribution in [0.25, 0.3) is 0 Å². The molecule has 2 aromatic carbocycles. The van der Waals surface area contributed by atoms with Crippen LogP contribution < -0.4 is 10.6 Å². The number of benzene rings is 2. The molecular formula is C25H37ClN2OSi. The van der Waals surface area contributed by atoms with Gasteiger partial charge in [-0.2, -0.15) is 0 Å². The Labute approximate surface area is 188 Å². The van der Waals surface area contributed by atoms with Crippen molar-refractivity contribution in [2.45, 2.75) is 70.8 Å². The van der Waals surface area contributed by atoms with Crippen molar-refractivity contribution in [3.8, 4) is 0 Å². The smallest absolute Gasteiger partial charge is 0.192 e. The van der Waals surface area contributed by atoms with E-state index in [4.69, 9.17) is 21.8 Å². The van der Waals surface area contributed by atoms with Crippen LogP contribution in [0.5, 0.6) is 0 Å². The van der Waals surface area contributed by atoms with Crippen LogP contribution in [0, 0.1) is 0 Å². The monoisotopic (exact) mass is 444 g/mol. The second kappa shape index (κ2) is 9.03. The van der Waals surface area contributed by atoms with Crippen LogP contribution in [0.4, 0.5) is 5.69 Å². The zero-order chi connectivity index (χ0) is 22.1. The van der Waals surface area contributed by atoms with Gasteiger partial charge in [0, 0.05) is 23.3 Å². The van der Waals surface area contributed by atoms with Crippen LogP contribution in [0.3, 0.4) is 0 Å². The normalized spacial score (nSPS) is 16.9. The Balaban J connectivity index is 1.97. The molecule has 2 aromatic rings. The quantitative estimate of drug-likeness (QED) is 0.493. The van der Waals surface area contributed by atoms with Gasteiger partial charge in [-0.3, -0.25) is 0 Å². The van der Waals surface area contributed by atoms with E-state index in [1.807, 2.05) is 19.1 Å². The molecule has 1 aliphatic heterocycles. The summed E-state index contributed by atoms with van der Waals surface area (Å²) in [5, 5.41) is 0.951. The average molecular weight is 445 g/mol.